The smallest absolute Gasteiger partial charge is 0.409 e. The molecule has 1 aliphatic rings. The van der Waals surface area contributed by atoms with Gasteiger partial charge in [-0.2, -0.15) is 0 Å². The van der Waals surface area contributed by atoms with Gasteiger partial charge in [0.2, 0.25) is 0 Å². The quantitative estimate of drug-likeness (QED) is 0.0727. The Balaban J connectivity index is 1.06. The number of hydrogen-bond donors (Lipinski definition) is 0. The number of amides is 1. The van der Waals surface area contributed by atoms with Crippen molar-refractivity contribution in [3.63, 3.8) is 0 Å². The third kappa shape index (κ3) is 15.2. The van der Waals surface area contributed by atoms with Crippen LogP contribution in [0.25, 0.3) is 11.1 Å². The molecule has 2 aromatic carbocycles. The van der Waals surface area contributed by atoms with Crippen molar-refractivity contribution < 1.29 is 38.0 Å². The standard InChI is InChI=1S/C38H57NO8/c1-3-4-5-6-7-8-9-10-11-20-37(40)46-30-29-45-28-27-44-26-25-43-24-23-42-22-21-39(2)38(41)47-31-36-34-18-14-12-16-32(34)33-17-13-15-19-35(33)36/h12-19,36H,3-11,20-31H2,1-2H3. The fourth-order valence-corrected chi connectivity index (χ4v) is 5.63. The molecule has 0 atom stereocenters. The first-order chi connectivity index (χ1) is 23.1. The largest absolute Gasteiger partial charge is 0.463 e. The Kier molecular flexibility index (Phi) is 19.8. The predicted octanol–water partition coefficient (Wildman–Crippen LogP) is 7.40. The predicted molar refractivity (Wildman–Crippen MR) is 184 cm³/mol. The average molecular weight is 656 g/mol. The number of nitrogens with zero attached hydrogens (tertiary/aromatic N) is 1. The summed E-state index contributed by atoms with van der Waals surface area (Å²) in [7, 11) is 1.71. The van der Waals surface area contributed by atoms with E-state index < -0.39 is 0 Å². The molecule has 0 saturated heterocycles. The molecular weight excluding hydrogens is 598 g/mol. The third-order valence-electron chi connectivity index (χ3n) is 8.31. The molecule has 9 heteroatoms. The fraction of sp³-hybridized carbons (Fsp3) is 0.632. The fourth-order valence-electron chi connectivity index (χ4n) is 5.63. The van der Waals surface area contributed by atoms with Crippen LogP contribution in [0.2, 0.25) is 0 Å². The molecule has 0 N–H and O–H groups in total. The molecule has 0 bridgehead atoms. The van der Waals surface area contributed by atoms with Crippen molar-refractivity contribution in [3.05, 3.63) is 59.7 Å². The van der Waals surface area contributed by atoms with E-state index in [9.17, 15) is 9.59 Å². The second-order valence-electron chi connectivity index (χ2n) is 12.0. The Hall–Kier alpha value is -2.98. The molecular formula is C38H57NO8. The van der Waals surface area contributed by atoms with E-state index in [0.717, 1.165) is 12.8 Å². The van der Waals surface area contributed by atoms with Gasteiger partial charge in [0, 0.05) is 25.9 Å². The second-order valence-corrected chi connectivity index (χ2v) is 12.0. The van der Waals surface area contributed by atoms with Gasteiger partial charge in [0.1, 0.15) is 13.2 Å². The minimum absolute atomic E-state index is 0.0418. The zero-order chi connectivity index (χ0) is 33.4. The van der Waals surface area contributed by atoms with Crippen LogP contribution in [0.3, 0.4) is 0 Å². The van der Waals surface area contributed by atoms with Gasteiger partial charge in [-0.3, -0.25) is 4.79 Å². The molecule has 0 unspecified atom stereocenters. The molecule has 3 rings (SSSR count). The number of fused-ring (bicyclic) bond motifs is 3. The summed E-state index contributed by atoms with van der Waals surface area (Å²) < 4.78 is 33.0. The van der Waals surface area contributed by atoms with Gasteiger partial charge in [0.25, 0.3) is 0 Å². The van der Waals surface area contributed by atoms with Crippen LogP contribution < -0.4 is 0 Å². The zero-order valence-corrected chi connectivity index (χ0v) is 28.8. The van der Waals surface area contributed by atoms with E-state index in [2.05, 4.69) is 31.2 Å². The van der Waals surface area contributed by atoms with Crippen LogP contribution in [0.15, 0.2) is 48.5 Å². The molecule has 9 nitrogen and oxygen atoms in total. The van der Waals surface area contributed by atoms with E-state index >= 15 is 0 Å². The highest BCUT2D eigenvalue weighted by Crippen LogP contribution is 2.44. The van der Waals surface area contributed by atoms with Crippen LogP contribution in [-0.2, 0) is 33.2 Å². The lowest BCUT2D eigenvalue weighted by Crippen LogP contribution is -2.32. The Morgan fingerprint density at radius 2 is 1.06 bits per heavy atom. The minimum Gasteiger partial charge on any atom is -0.463 e. The van der Waals surface area contributed by atoms with Crippen molar-refractivity contribution in [2.24, 2.45) is 0 Å². The molecule has 262 valence electrons. The summed E-state index contributed by atoms with van der Waals surface area (Å²) in [5.74, 6) is -0.100. The summed E-state index contributed by atoms with van der Waals surface area (Å²) in [5.41, 5.74) is 4.80. The molecule has 0 fully saturated rings. The average Bonchev–Trinajstić information content (AvgIpc) is 3.41. The number of carbonyl (C=O) groups excluding carboxylic acids is 2. The van der Waals surface area contributed by atoms with E-state index in [1.54, 1.807) is 7.05 Å². The number of benzene rings is 2. The summed E-state index contributed by atoms with van der Waals surface area (Å²) in [6.07, 6.45) is 11.2. The highest BCUT2D eigenvalue weighted by molar-refractivity contribution is 5.79. The Morgan fingerprint density at radius 1 is 0.596 bits per heavy atom. The summed E-state index contributed by atoms with van der Waals surface area (Å²) in [6.45, 7) is 6.70. The first kappa shape index (κ1) is 38.5. The van der Waals surface area contributed by atoms with Crippen LogP contribution in [0.5, 0.6) is 0 Å². The summed E-state index contributed by atoms with van der Waals surface area (Å²) in [6, 6.07) is 16.6. The number of hydrogen-bond acceptors (Lipinski definition) is 8. The molecule has 0 spiro atoms. The molecule has 0 saturated carbocycles. The van der Waals surface area contributed by atoms with Gasteiger partial charge in [-0.1, -0.05) is 107 Å². The van der Waals surface area contributed by atoms with Gasteiger partial charge in [0.15, 0.2) is 0 Å². The molecule has 0 radical (unpaired) electrons. The Bertz CT molecular complexity index is 1100. The lowest BCUT2D eigenvalue weighted by Gasteiger charge is -2.19. The first-order valence-corrected chi connectivity index (χ1v) is 17.6. The number of unbranched alkanes of at least 4 members (excludes halogenated alkanes) is 8. The van der Waals surface area contributed by atoms with Crippen molar-refractivity contribution in [2.45, 2.75) is 77.0 Å². The highest BCUT2D eigenvalue weighted by atomic mass is 16.6. The van der Waals surface area contributed by atoms with Gasteiger partial charge in [-0.15, -0.1) is 0 Å². The van der Waals surface area contributed by atoms with Gasteiger partial charge in [-0.05, 0) is 28.7 Å². The molecule has 1 amide bonds. The highest BCUT2D eigenvalue weighted by Gasteiger charge is 2.29. The normalized spacial score (nSPS) is 12.1. The zero-order valence-electron chi connectivity index (χ0n) is 28.8. The van der Waals surface area contributed by atoms with Crippen molar-refractivity contribution in [3.8, 4) is 11.1 Å². The third-order valence-corrected chi connectivity index (χ3v) is 8.31. The maximum Gasteiger partial charge on any atom is 0.409 e. The maximum atomic E-state index is 12.6. The molecule has 0 aliphatic heterocycles. The SMILES string of the molecule is CCCCCCCCCCCC(=O)OCCOCCOCCOCCOCCN(C)C(=O)OCC1c2ccccc2-c2ccccc21. The van der Waals surface area contributed by atoms with Crippen molar-refractivity contribution >= 4 is 12.1 Å². The van der Waals surface area contributed by atoms with E-state index in [0.29, 0.717) is 72.4 Å². The lowest BCUT2D eigenvalue weighted by atomic mass is 9.98. The minimum atomic E-state index is -0.363. The lowest BCUT2D eigenvalue weighted by molar-refractivity contribution is -0.145. The second kappa shape index (κ2) is 24.2. The number of likely N-dealkylation sites (N-methyl/N-ethyl adjacent to an activating group) is 1. The van der Waals surface area contributed by atoms with E-state index in [1.165, 1.54) is 72.1 Å². The molecule has 0 heterocycles. The molecule has 0 aromatic heterocycles. The summed E-state index contributed by atoms with van der Waals surface area (Å²) in [5, 5.41) is 0. The molecule has 1 aliphatic carbocycles. The van der Waals surface area contributed by atoms with Gasteiger partial charge in [0.05, 0.1) is 52.9 Å². The maximum absolute atomic E-state index is 12.6. The van der Waals surface area contributed by atoms with Crippen LogP contribution in [-0.4, -0.2) is 96.6 Å². The topological polar surface area (TPSA) is 92.8 Å². The van der Waals surface area contributed by atoms with Crippen molar-refractivity contribution in [2.75, 3.05) is 79.7 Å². The van der Waals surface area contributed by atoms with Crippen molar-refractivity contribution in [1.82, 2.24) is 4.90 Å². The van der Waals surface area contributed by atoms with E-state index in [1.807, 2.05) is 24.3 Å². The van der Waals surface area contributed by atoms with Gasteiger partial charge in [-0.25, -0.2) is 4.79 Å². The first-order valence-electron chi connectivity index (χ1n) is 17.6. The Labute approximate surface area is 282 Å². The van der Waals surface area contributed by atoms with Gasteiger partial charge < -0.3 is 33.3 Å². The number of ether oxygens (including phenoxy) is 6. The van der Waals surface area contributed by atoms with Crippen LogP contribution in [0, 0.1) is 0 Å². The summed E-state index contributed by atoms with van der Waals surface area (Å²) in [4.78, 5) is 25.9. The number of carbonyl (C=O) groups is 2. The van der Waals surface area contributed by atoms with Crippen molar-refractivity contribution in [1.29, 1.82) is 0 Å². The van der Waals surface area contributed by atoms with Crippen LogP contribution >= 0.6 is 0 Å². The number of esters is 1. The van der Waals surface area contributed by atoms with Gasteiger partial charge >= 0.3 is 12.1 Å². The molecule has 2 aromatic rings. The van der Waals surface area contributed by atoms with Crippen LogP contribution in [0.4, 0.5) is 4.79 Å². The van der Waals surface area contributed by atoms with E-state index in [4.69, 9.17) is 28.4 Å². The summed E-state index contributed by atoms with van der Waals surface area (Å²) >= 11 is 0. The van der Waals surface area contributed by atoms with Crippen LogP contribution in [0.1, 0.15) is 88.2 Å². The Morgan fingerprint density at radius 3 is 1.62 bits per heavy atom. The number of rotatable bonds is 27. The monoisotopic (exact) mass is 655 g/mol. The molecule has 47 heavy (non-hydrogen) atoms. The van der Waals surface area contributed by atoms with E-state index in [-0.39, 0.29) is 24.6 Å².